The van der Waals surface area contributed by atoms with E-state index in [-0.39, 0.29) is 23.4 Å². The first kappa shape index (κ1) is 23.8. The van der Waals surface area contributed by atoms with Crippen LogP contribution >= 0.6 is 0 Å². The fourth-order valence-electron chi connectivity index (χ4n) is 3.68. The quantitative estimate of drug-likeness (QED) is 0.636. The number of hydrogen-bond acceptors (Lipinski definition) is 5. The Hall–Kier alpha value is -0.888. The zero-order valence-electron chi connectivity index (χ0n) is 20.5. The highest BCUT2D eigenvalue weighted by molar-refractivity contribution is 6.74. The molecule has 2 fully saturated rings. The van der Waals surface area contributed by atoms with Crippen molar-refractivity contribution in [3.63, 3.8) is 0 Å². The van der Waals surface area contributed by atoms with Gasteiger partial charge in [0.25, 0.3) is 0 Å². The van der Waals surface area contributed by atoms with Gasteiger partial charge in [0.2, 0.25) is 0 Å². The molecule has 0 spiro atoms. The second-order valence-corrected chi connectivity index (χ2v) is 16.3. The maximum Gasteiger partial charge on any atom is 0.498 e. The molecule has 168 valence electrons. The van der Waals surface area contributed by atoms with Crippen LogP contribution in [-0.4, -0.2) is 51.3 Å². The largest absolute Gasteiger partial charge is 0.498 e. The first-order valence-corrected chi connectivity index (χ1v) is 14.3. The molecule has 0 aromatic carbocycles. The van der Waals surface area contributed by atoms with Crippen molar-refractivity contribution in [1.82, 2.24) is 4.98 Å². The van der Waals surface area contributed by atoms with Gasteiger partial charge in [0.15, 0.2) is 8.32 Å². The highest BCUT2D eigenvalue weighted by Gasteiger charge is 2.52. The van der Waals surface area contributed by atoms with Gasteiger partial charge in [0.05, 0.1) is 11.2 Å². The lowest BCUT2D eigenvalue weighted by Crippen LogP contribution is -2.45. The summed E-state index contributed by atoms with van der Waals surface area (Å²) in [5.74, 6) is 1.62. The van der Waals surface area contributed by atoms with Gasteiger partial charge in [0.1, 0.15) is 5.82 Å². The van der Waals surface area contributed by atoms with Crippen LogP contribution in [0.5, 0.6) is 0 Å². The van der Waals surface area contributed by atoms with Gasteiger partial charge < -0.3 is 18.6 Å². The van der Waals surface area contributed by atoms with Crippen molar-refractivity contribution in [1.29, 1.82) is 0 Å². The van der Waals surface area contributed by atoms with Gasteiger partial charge in [-0.05, 0) is 70.7 Å². The Balaban J connectivity index is 1.64. The second kappa shape index (κ2) is 8.23. The molecule has 2 aliphatic heterocycles. The van der Waals surface area contributed by atoms with E-state index in [0.717, 1.165) is 43.8 Å². The molecule has 0 aliphatic carbocycles. The predicted molar refractivity (Wildman–Crippen MR) is 128 cm³/mol. The highest BCUT2D eigenvalue weighted by Crippen LogP contribution is 2.38. The van der Waals surface area contributed by atoms with Crippen molar-refractivity contribution in [3.8, 4) is 0 Å². The smallest absolute Gasteiger partial charge is 0.417 e. The molecule has 3 heterocycles. The van der Waals surface area contributed by atoms with Crippen molar-refractivity contribution in [2.24, 2.45) is 5.92 Å². The molecule has 1 aromatic rings. The standard InChI is InChI=1S/C23H41BN2O3Si/c1-21(2,3)30(8,9)27-17-18-12-15-26(16-13-18)20-19(11-10-14-25-20)24-28-22(4,5)23(6,7)29-24/h10-11,14,18H,12-13,15-17H2,1-9H3. The van der Waals surface area contributed by atoms with Crippen molar-refractivity contribution in [2.45, 2.75) is 90.6 Å². The Bertz CT molecular complexity index is 724. The zero-order valence-corrected chi connectivity index (χ0v) is 21.5. The molecule has 5 nitrogen and oxygen atoms in total. The molecule has 0 atom stereocenters. The lowest BCUT2D eigenvalue weighted by atomic mass is 9.78. The molecule has 0 radical (unpaired) electrons. The van der Waals surface area contributed by atoms with E-state index in [2.05, 4.69) is 72.5 Å². The van der Waals surface area contributed by atoms with Crippen LogP contribution in [0.3, 0.4) is 0 Å². The number of anilines is 1. The van der Waals surface area contributed by atoms with Gasteiger partial charge in [-0.1, -0.05) is 26.8 Å². The minimum absolute atomic E-state index is 0.263. The summed E-state index contributed by atoms with van der Waals surface area (Å²) in [6.45, 7) is 22.8. The van der Waals surface area contributed by atoms with Gasteiger partial charge in [-0.25, -0.2) is 4.98 Å². The van der Waals surface area contributed by atoms with Crippen LogP contribution in [0.2, 0.25) is 18.1 Å². The zero-order chi connectivity index (χ0) is 22.4. The van der Waals surface area contributed by atoms with Crippen molar-refractivity contribution in [3.05, 3.63) is 18.3 Å². The number of piperidine rings is 1. The van der Waals surface area contributed by atoms with Gasteiger partial charge in [-0.15, -0.1) is 0 Å². The molecular weight excluding hydrogens is 391 g/mol. The maximum absolute atomic E-state index is 6.49. The summed E-state index contributed by atoms with van der Waals surface area (Å²) in [4.78, 5) is 7.12. The topological polar surface area (TPSA) is 43.8 Å². The van der Waals surface area contributed by atoms with Crippen LogP contribution < -0.4 is 10.4 Å². The van der Waals surface area contributed by atoms with Crippen molar-refractivity contribution >= 4 is 26.7 Å². The fraction of sp³-hybridized carbons (Fsp3) is 0.783. The summed E-state index contributed by atoms with van der Waals surface area (Å²) in [6.07, 6.45) is 4.14. The Morgan fingerprint density at radius 3 is 2.23 bits per heavy atom. The molecule has 7 heteroatoms. The Labute approximate surface area is 185 Å². The average molecular weight is 432 g/mol. The van der Waals surface area contributed by atoms with Crippen molar-refractivity contribution in [2.75, 3.05) is 24.6 Å². The van der Waals surface area contributed by atoms with Crippen LogP contribution in [-0.2, 0) is 13.7 Å². The third-order valence-electron chi connectivity index (χ3n) is 7.72. The highest BCUT2D eigenvalue weighted by atomic mass is 28.4. The number of rotatable bonds is 5. The molecule has 3 rings (SSSR count). The van der Waals surface area contributed by atoms with Gasteiger partial charge in [-0.3, -0.25) is 0 Å². The number of pyridine rings is 1. The molecule has 2 aliphatic rings. The van der Waals surface area contributed by atoms with Gasteiger partial charge in [0, 0.05) is 31.4 Å². The lowest BCUT2D eigenvalue weighted by molar-refractivity contribution is 0.00578. The fourth-order valence-corrected chi connectivity index (χ4v) is 4.77. The van der Waals surface area contributed by atoms with E-state index >= 15 is 0 Å². The monoisotopic (exact) mass is 432 g/mol. The van der Waals surface area contributed by atoms with E-state index in [1.165, 1.54) is 0 Å². The summed E-state index contributed by atoms with van der Waals surface area (Å²) in [5, 5.41) is 0.263. The van der Waals surface area contributed by atoms with E-state index in [1.807, 2.05) is 12.3 Å². The summed E-state index contributed by atoms with van der Waals surface area (Å²) >= 11 is 0. The molecule has 0 amide bonds. The van der Waals surface area contributed by atoms with Gasteiger partial charge >= 0.3 is 7.12 Å². The molecule has 0 bridgehead atoms. The first-order chi connectivity index (χ1) is 13.7. The van der Waals surface area contributed by atoms with Gasteiger partial charge in [-0.2, -0.15) is 0 Å². The third-order valence-corrected chi connectivity index (χ3v) is 12.2. The van der Waals surface area contributed by atoms with Crippen LogP contribution in [0, 0.1) is 5.92 Å². The lowest BCUT2D eigenvalue weighted by Gasteiger charge is -2.39. The molecule has 30 heavy (non-hydrogen) atoms. The number of aromatic nitrogens is 1. The summed E-state index contributed by atoms with van der Waals surface area (Å²) in [7, 11) is -2.06. The Morgan fingerprint density at radius 2 is 1.70 bits per heavy atom. The summed E-state index contributed by atoms with van der Waals surface area (Å²) in [6, 6.07) is 4.07. The minimum Gasteiger partial charge on any atom is -0.417 e. The summed E-state index contributed by atoms with van der Waals surface area (Å²) in [5.41, 5.74) is 0.338. The normalized spacial score (nSPS) is 22.6. The Morgan fingerprint density at radius 1 is 1.13 bits per heavy atom. The average Bonchev–Trinajstić information content (AvgIpc) is 2.87. The summed E-state index contributed by atoms with van der Waals surface area (Å²) < 4.78 is 19.1. The minimum atomic E-state index is -1.68. The third kappa shape index (κ3) is 4.79. The second-order valence-electron chi connectivity index (χ2n) is 11.5. The first-order valence-electron chi connectivity index (χ1n) is 11.4. The van der Waals surface area contributed by atoms with Crippen LogP contribution in [0.25, 0.3) is 0 Å². The molecular formula is C23H41BN2O3Si. The molecule has 0 saturated carbocycles. The molecule has 0 N–H and O–H groups in total. The van der Waals surface area contributed by atoms with Crippen molar-refractivity contribution < 1.29 is 13.7 Å². The maximum atomic E-state index is 6.49. The van der Waals surface area contributed by atoms with Crippen LogP contribution in [0.15, 0.2) is 18.3 Å². The molecule has 2 saturated heterocycles. The van der Waals surface area contributed by atoms with E-state index in [9.17, 15) is 0 Å². The van der Waals surface area contributed by atoms with Crippen LogP contribution in [0.1, 0.15) is 61.3 Å². The van der Waals surface area contributed by atoms with Crippen LogP contribution in [0.4, 0.5) is 5.82 Å². The van der Waals surface area contributed by atoms with E-state index < -0.39 is 8.32 Å². The number of hydrogen-bond donors (Lipinski definition) is 0. The molecule has 0 unspecified atom stereocenters. The Kier molecular flexibility index (Phi) is 6.52. The van der Waals surface area contributed by atoms with E-state index in [4.69, 9.17) is 18.7 Å². The predicted octanol–water partition coefficient (Wildman–Crippen LogP) is 4.62. The SMILES string of the molecule is CC1(C)OB(c2cccnc2N2CCC(CO[Si](C)(C)C(C)(C)C)CC2)OC1(C)C. The number of nitrogens with zero attached hydrogens (tertiary/aromatic N) is 2. The van der Waals surface area contributed by atoms with E-state index in [1.54, 1.807) is 0 Å². The molecule has 1 aromatic heterocycles. The van der Waals surface area contributed by atoms with E-state index in [0.29, 0.717) is 5.92 Å².